The van der Waals surface area contributed by atoms with Crippen LogP contribution < -0.4 is 10.2 Å². The Morgan fingerprint density at radius 3 is 2.72 bits per heavy atom. The quantitative estimate of drug-likeness (QED) is 0.914. The van der Waals surface area contributed by atoms with Crippen molar-refractivity contribution in [3.8, 4) is 0 Å². The smallest absolute Gasteiger partial charge is 0.147 e. The summed E-state index contributed by atoms with van der Waals surface area (Å²) in [5, 5.41) is 3.54. The van der Waals surface area contributed by atoms with Crippen molar-refractivity contribution in [3.05, 3.63) is 28.5 Å². The maximum absolute atomic E-state index is 13.8. The molecule has 2 rings (SSSR count). The highest BCUT2D eigenvalue weighted by molar-refractivity contribution is 9.10. The monoisotopic (exact) mass is 314 g/mol. The summed E-state index contributed by atoms with van der Waals surface area (Å²) in [4.78, 5) is 2.14. The minimum atomic E-state index is -0.135. The highest BCUT2D eigenvalue weighted by atomic mass is 79.9. The second kappa shape index (κ2) is 6.53. The molecular formula is C14H20BrFN2. The van der Waals surface area contributed by atoms with E-state index in [4.69, 9.17) is 0 Å². The lowest BCUT2D eigenvalue weighted by molar-refractivity contribution is 0.413. The van der Waals surface area contributed by atoms with Gasteiger partial charge in [-0.05, 0) is 44.0 Å². The molecule has 4 heteroatoms. The zero-order chi connectivity index (χ0) is 13.0. The highest BCUT2D eigenvalue weighted by Crippen LogP contribution is 2.25. The Balaban J connectivity index is 1.93. The first kappa shape index (κ1) is 13.8. The van der Waals surface area contributed by atoms with Crippen molar-refractivity contribution in [1.82, 2.24) is 5.32 Å². The van der Waals surface area contributed by atoms with Gasteiger partial charge in [0.05, 0.1) is 5.69 Å². The van der Waals surface area contributed by atoms with Gasteiger partial charge in [0.15, 0.2) is 0 Å². The van der Waals surface area contributed by atoms with Crippen LogP contribution in [0.3, 0.4) is 0 Å². The minimum Gasteiger partial charge on any atom is -0.369 e. The number of rotatable bonds is 4. The topological polar surface area (TPSA) is 15.3 Å². The van der Waals surface area contributed by atoms with E-state index in [9.17, 15) is 4.39 Å². The third-order valence-corrected chi connectivity index (χ3v) is 3.92. The van der Waals surface area contributed by atoms with E-state index < -0.39 is 0 Å². The predicted octanol–water partition coefficient (Wildman–Crippen LogP) is 3.56. The molecule has 0 spiro atoms. The molecule has 1 N–H and O–H groups in total. The maximum Gasteiger partial charge on any atom is 0.147 e. The van der Waals surface area contributed by atoms with Gasteiger partial charge in [0.25, 0.3) is 0 Å². The molecule has 1 aliphatic rings. The van der Waals surface area contributed by atoms with Crippen molar-refractivity contribution >= 4 is 21.6 Å². The third kappa shape index (κ3) is 3.45. The summed E-state index contributed by atoms with van der Waals surface area (Å²) < 4.78 is 14.6. The fraction of sp³-hybridized carbons (Fsp3) is 0.571. The van der Waals surface area contributed by atoms with Crippen LogP contribution in [0.2, 0.25) is 0 Å². The maximum atomic E-state index is 13.8. The molecule has 0 saturated carbocycles. The largest absolute Gasteiger partial charge is 0.369 e. The van der Waals surface area contributed by atoms with E-state index in [1.165, 1.54) is 12.5 Å². The second-order valence-corrected chi connectivity index (χ2v) is 5.73. The summed E-state index contributed by atoms with van der Waals surface area (Å²) in [5.41, 5.74) is 0.729. The van der Waals surface area contributed by atoms with Crippen LogP contribution >= 0.6 is 15.9 Å². The number of piperidine rings is 1. The molecule has 1 heterocycles. The van der Waals surface area contributed by atoms with Gasteiger partial charge >= 0.3 is 0 Å². The molecule has 0 amide bonds. The summed E-state index contributed by atoms with van der Waals surface area (Å²) >= 11 is 3.29. The van der Waals surface area contributed by atoms with Crippen LogP contribution in [0.4, 0.5) is 10.1 Å². The second-order valence-electron chi connectivity index (χ2n) is 4.81. The summed E-state index contributed by atoms with van der Waals surface area (Å²) in [6.07, 6.45) is 3.35. The van der Waals surface area contributed by atoms with Crippen LogP contribution in [-0.2, 0) is 0 Å². The molecule has 1 aliphatic heterocycles. The van der Waals surface area contributed by atoms with Crippen molar-refractivity contribution in [3.63, 3.8) is 0 Å². The molecule has 0 unspecified atom stereocenters. The lowest BCUT2D eigenvalue weighted by atomic mass is 10.0. The van der Waals surface area contributed by atoms with Gasteiger partial charge in [-0.1, -0.05) is 22.9 Å². The predicted molar refractivity (Wildman–Crippen MR) is 77.6 cm³/mol. The number of halogens is 2. The summed E-state index contributed by atoms with van der Waals surface area (Å²) in [5.74, 6) is -0.135. The lowest BCUT2D eigenvalue weighted by Gasteiger charge is -2.34. The van der Waals surface area contributed by atoms with E-state index >= 15 is 0 Å². The first-order valence-corrected chi connectivity index (χ1v) is 7.43. The number of hydrogen-bond donors (Lipinski definition) is 1. The van der Waals surface area contributed by atoms with Crippen molar-refractivity contribution in [2.75, 3.05) is 24.5 Å². The zero-order valence-corrected chi connectivity index (χ0v) is 12.3. The van der Waals surface area contributed by atoms with Crippen LogP contribution in [0.25, 0.3) is 0 Å². The first-order chi connectivity index (χ1) is 8.70. The van der Waals surface area contributed by atoms with Crippen molar-refractivity contribution < 1.29 is 4.39 Å². The summed E-state index contributed by atoms with van der Waals surface area (Å²) in [7, 11) is 0. The Hall–Kier alpha value is -0.610. The van der Waals surface area contributed by atoms with Crippen molar-refractivity contribution in [2.24, 2.45) is 0 Å². The lowest BCUT2D eigenvalue weighted by Crippen LogP contribution is -2.43. The fourth-order valence-corrected chi connectivity index (χ4v) is 2.74. The Bertz CT molecular complexity index is 389. The number of nitrogens with one attached hydrogen (secondary N) is 1. The molecule has 2 nitrogen and oxygen atoms in total. The van der Waals surface area contributed by atoms with Gasteiger partial charge in [-0.25, -0.2) is 4.39 Å². The zero-order valence-electron chi connectivity index (χ0n) is 10.8. The molecule has 1 aromatic rings. The van der Waals surface area contributed by atoms with Gasteiger partial charge in [-0.3, -0.25) is 0 Å². The van der Waals surface area contributed by atoms with Gasteiger partial charge in [0.1, 0.15) is 5.82 Å². The van der Waals surface area contributed by atoms with Gasteiger partial charge in [0, 0.05) is 23.6 Å². The van der Waals surface area contributed by atoms with E-state index in [1.807, 2.05) is 12.1 Å². The standard InChI is InChI=1S/C14H20BrFN2/c1-2-7-17-12-5-8-18(9-6-12)14-4-3-11(15)10-13(14)16/h3-4,10,12,17H,2,5-9H2,1H3. The Morgan fingerprint density at radius 2 is 2.11 bits per heavy atom. The molecule has 0 radical (unpaired) electrons. The summed E-state index contributed by atoms with van der Waals surface area (Å²) in [6, 6.07) is 5.90. The molecule has 18 heavy (non-hydrogen) atoms. The number of benzene rings is 1. The van der Waals surface area contributed by atoms with E-state index in [0.717, 1.165) is 42.6 Å². The van der Waals surface area contributed by atoms with Gasteiger partial charge < -0.3 is 10.2 Å². The fourth-order valence-electron chi connectivity index (χ4n) is 2.41. The summed E-state index contributed by atoms with van der Waals surface area (Å²) in [6.45, 7) is 5.12. The van der Waals surface area contributed by atoms with Crippen molar-refractivity contribution in [1.29, 1.82) is 0 Å². The van der Waals surface area contributed by atoms with E-state index in [0.29, 0.717) is 6.04 Å². The van der Waals surface area contributed by atoms with Crippen LogP contribution in [0.15, 0.2) is 22.7 Å². The molecule has 0 bridgehead atoms. The van der Waals surface area contributed by atoms with E-state index in [1.54, 1.807) is 0 Å². The third-order valence-electron chi connectivity index (χ3n) is 3.43. The first-order valence-electron chi connectivity index (χ1n) is 6.64. The van der Waals surface area contributed by atoms with E-state index in [2.05, 4.69) is 33.1 Å². The normalized spacial score (nSPS) is 17.2. The van der Waals surface area contributed by atoms with Crippen LogP contribution in [-0.4, -0.2) is 25.7 Å². The average Bonchev–Trinajstić information content (AvgIpc) is 2.37. The van der Waals surface area contributed by atoms with Crippen LogP contribution in [0, 0.1) is 5.82 Å². The number of nitrogens with zero attached hydrogens (tertiary/aromatic N) is 1. The molecular weight excluding hydrogens is 295 g/mol. The van der Waals surface area contributed by atoms with Gasteiger partial charge in [0.2, 0.25) is 0 Å². The molecule has 1 aromatic carbocycles. The Labute approximate surface area is 117 Å². The van der Waals surface area contributed by atoms with Crippen LogP contribution in [0.5, 0.6) is 0 Å². The molecule has 100 valence electrons. The molecule has 0 aromatic heterocycles. The minimum absolute atomic E-state index is 0.135. The van der Waals surface area contributed by atoms with Crippen LogP contribution in [0.1, 0.15) is 26.2 Å². The molecule has 0 atom stereocenters. The Kier molecular flexibility index (Phi) is 5.01. The SMILES string of the molecule is CCCNC1CCN(c2ccc(Br)cc2F)CC1. The van der Waals surface area contributed by atoms with Crippen molar-refractivity contribution in [2.45, 2.75) is 32.2 Å². The van der Waals surface area contributed by atoms with E-state index in [-0.39, 0.29) is 5.82 Å². The van der Waals surface area contributed by atoms with Gasteiger partial charge in [-0.15, -0.1) is 0 Å². The highest BCUT2D eigenvalue weighted by Gasteiger charge is 2.20. The average molecular weight is 315 g/mol. The molecule has 0 aliphatic carbocycles. The molecule has 1 fully saturated rings. The number of anilines is 1. The Morgan fingerprint density at radius 1 is 1.39 bits per heavy atom. The van der Waals surface area contributed by atoms with Gasteiger partial charge in [-0.2, -0.15) is 0 Å². The molecule has 1 saturated heterocycles. The number of hydrogen-bond acceptors (Lipinski definition) is 2.